The Balaban J connectivity index is 1.87. The minimum atomic E-state index is 0.227. The fourth-order valence-corrected chi connectivity index (χ4v) is 2.75. The lowest BCUT2D eigenvalue weighted by Gasteiger charge is -2.35. The van der Waals surface area contributed by atoms with Crippen LogP contribution in [0.4, 0.5) is 0 Å². The molecule has 1 unspecified atom stereocenters. The summed E-state index contributed by atoms with van der Waals surface area (Å²) >= 11 is 5.84. The molecule has 1 aromatic carbocycles. The van der Waals surface area contributed by atoms with Crippen molar-refractivity contribution in [3.05, 3.63) is 34.9 Å². The molecule has 104 valence electrons. The first-order chi connectivity index (χ1) is 9.20. The molecule has 2 rings (SSSR count). The molecule has 0 spiro atoms. The number of amides is 1. The van der Waals surface area contributed by atoms with E-state index < -0.39 is 0 Å². The van der Waals surface area contributed by atoms with Gasteiger partial charge in [0, 0.05) is 30.6 Å². The molecule has 1 fully saturated rings. The molecule has 0 radical (unpaired) electrons. The highest BCUT2D eigenvalue weighted by molar-refractivity contribution is 6.30. The van der Waals surface area contributed by atoms with Crippen molar-refractivity contribution in [2.24, 2.45) is 5.73 Å². The summed E-state index contributed by atoms with van der Waals surface area (Å²) in [6.07, 6.45) is 4.65. The Kier molecular flexibility index (Phi) is 5.23. The van der Waals surface area contributed by atoms with Crippen LogP contribution in [0.25, 0.3) is 0 Å². The minimum Gasteiger partial charge on any atom is -0.338 e. The van der Waals surface area contributed by atoms with Gasteiger partial charge in [0.1, 0.15) is 0 Å². The molecule has 3 nitrogen and oxygen atoms in total. The van der Waals surface area contributed by atoms with Crippen LogP contribution in [0.3, 0.4) is 0 Å². The first-order valence-corrected chi connectivity index (χ1v) is 7.32. The molecule has 1 saturated heterocycles. The zero-order chi connectivity index (χ0) is 13.7. The van der Waals surface area contributed by atoms with Gasteiger partial charge in [-0.15, -0.1) is 0 Å². The Morgan fingerprint density at radius 1 is 1.32 bits per heavy atom. The van der Waals surface area contributed by atoms with E-state index in [4.69, 9.17) is 17.3 Å². The number of halogens is 1. The number of benzene rings is 1. The molecule has 1 aliphatic rings. The molecule has 2 N–H and O–H groups in total. The van der Waals surface area contributed by atoms with E-state index in [0.29, 0.717) is 13.0 Å². The normalized spacial score (nSPS) is 19.5. The van der Waals surface area contributed by atoms with Gasteiger partial charge in [0.2, 0.25) is 5.91 Å². The summed E-state index contributed by atoms with van der Waals surface area (Å²) in [5.74, 6) is 0.227. The van der Waals surface area contributed by atoms with Gasteiger partial charge in [-0.25, -0.2) is 0 Å². The van der Waals surface area contributed by atoms with Crippen LogP contribution in [-0.4, -0.2) is 29.9 Å². The lowest BCUT2D eigenvalue weighted by atomic mass is 10.0. The van der Waals surface area contributed by atoms with Crippen molar-refractivity contribution in [1.82, 2.24) is 4.90 Å². The minimum absolute atomic E-state index is 0.227. The van der Waals surface area contributed by atoms with Gasteiger partial charge in [-0.3, -0.25) is 4.79 Å². The molecule has 1 heterocycles. The zero-order valence-corrected chi connectivity index (χ0v) is 11.9. The molecule has 1 amide bonds. The second-order valence-corrected chi connectivity index (χ2v) is 5.54. The van der Waals surface area contributed by atoms with Crippen LogP contribution in [-0.2, 0) is 11.2 Å². The van der Waals surface area contributed by atoms with Crippen molar-refractivity contribution >= 4 is 17.5 Å². The van der Waals surface area contributed by atoms with Crippen LogP contribution in [0.15, 0.2) is 24.3 Å². The summed E-state index contributed by atoms with van der Waals surface area (Å²) in [5, 5.41) is 0.731. The van der Waals surface area contributed by atoms with Gasteiger partial charge in [0.25, 0.3) is 0 Å². The lowest BCUT2D eigenvalue weighted by Crippen LogP contribution is -2.47. The smallest absolute Gasteiger partial charge is 0.223 e. The van der Waals surface area contributed by atoms with E-state index in [1.54, 1.807) is 0 Å². The number of carbonyl (C=O) groups excluding carboxylic acids is 1. The standard InChI is InChI=1S/C15H21ClN2O/c16-13-7-4-12(5-8-13)6-9-15(19)18-10-2-1-3-14(18)11-17/h4-5,7-8,14H,1-3,6,9-11,17H2. The SMILES string of the molecule is NCC1CCCCN1C(=O)CCc1ccc(Cl)cc1. The van der Waals surface area contributed by atoms with Gasteiger partial charge in [-0.2, -0.15) is 0 Å². The van der Waals surface area contributed by atoms with Crippen molar-refractivity contribution in [1.29, 1.82) is 0 Å². The third kappa shape index (κ3) is 3.95. The number of rotatable bonds is 4. The van der Waals surface area contributed by atoms with Crippen LogP contribution < -0.4 is 5.73 Å². The van der Waals surface area contributed by atoms with Crippen LogP contribution in [0, 0.1) is 0 Å². The molecule has 1 aromatic rings. The van der Waals surface area contributed by atoms with Crippen molar-refractivity contribution in [3.63, 3.8) is 0 Å². The second-order valence-electron chi connectivity index (χ2n) is 5.10. The van der Waals surface area contributed by atoms with E-state index in [2.05, 4.69) is 0 Å². The van der Waals surface area contributed by atoms with Crippen LogP contribution in [0.1, 0.15) is 31.2 Å². The van der Waals surface area contributed by atoms with Crippen molar-refractivity contribution < 1.29 is 4.79 Å². The van der Waals surface area contributed by atoms with Crippen molar-refractivity contribution in [2.75, 3.05) is 13.1 Å². The summed E-state index contributed by atoms with van der Waals surface area (Å²) < 4.78 is 0. The average Bonchev–Trinajstić information content (AvgIpc) is 2.46. The van der Waals surface area contributed by atoms with E-state index in [-0.39, 0.29) is 11.9 Å². The third-order valence-corrected chi connectivity index (χ3v) is 4.01. The topological polar surface area (TPSA) is 46.3 Å². The molecule has 1 atom stereocenters. The molecular weight excluding hydrogens is 260 g/mol. The Bertz CT molecular complexity index is 419. The van der Waals surface area contributed by atoms with E-state index in [1.165, 1.54) is 6.42 Å². The van der Waals surface area contributed by atoms with Gasteiger partial charge in [-0.05, 0) is 43.4 Å². The Hall–Kier alpha value is -1.06. The number of carbonyl (C=O) groups is 1. The Labute approximate surface area is 119 Å². The highest BCUT2D eigenvalue weighted by Crippen LogP contribution is 2.18. The van der Waals surface area contributed by atoms with Gasteiger partial charge in [0.05, 0.1) is 0 Å². The van der Waals surface area contributed by atoms with Crippen molar-refractivity contribution in [3.8, 4) is 0 Å². The molecule has 4 heteroatoms. The monoisotopic (exact) mass is 280 g/mol. The number of likely N-dealkylation sites (tertiary alicyclic amines) is 1. The van der Waals surface area contributed by atoms with E-state index in [1.807, 2.05) is 29.2 Å². The number of hydrogen-bond acceptors (Lipinski definition) is 2. The highest BCUT2D eigenvalue weighted by Gasteiger charge is 2.24. The molecule has 1 aliphatic heterocycles. The molecule has 0 aliphatic carbocycles. The predicted molar refractivity (Wildman–Crippen MR) is 78.2 cm³/mol. The summed E-state index contributed by atoms with van der Waals surface area (Å²) in [6, 6.07) is 7.93. The summed E-state index contributed by atoms with van der Waals surface area (Å²) in [4.78, 5) is 14.2. The number of piperidine rings is 1. The first kappa shape index (κ1) is 14.4. The maximum Gasteiger partial charge on any atom is 0.223 e. The molecule has 0 bridgehead atoms. The number of nitrogens with two attached hydrogens (primary N) is 1. The predicted octanol–water partition coefficient (Wildman–Crippen LogP) is 2.61. The highest BCUT2D eigenvalue weighted by atomic mass is 35.5. The number of nitrogens with zero attached hydrogens (tertiary/aromatic N) is 1. The third-order valence-electron chi connectivity index (χ3n) is 3.76. The second kappa shape index (κ2) is 6.92. The maximum absolute atomic E-state index is 12.3. The number of hydrogen-bond donors (Lipinski definition) is 1. The van der Waals surface area contributed by atoms with E-state index in [9.17, 15) is 4.79 Å². The number of aryl methyl sites for hydroxylation is 1. The van der Waals surface area contributed by atoms with Gasteiger partial charge in [-0.1, -0.05) is 23.7 Å². The molecule has 0 saturated carbocycles. The lowest BCUT2D eigenvalue weighted by molar-refractivity contribution is -0.134. The fourth-order valence-electron chi connectivity index (χ4n) is 2.62. The van der Waals surface area contributed by atoms with E-state index in [0.717, 1.165) is 36.4 Å². The van der Waals surface area contributed by atoms with Crippen LogP contribution in [0.2, 0.25) is 5.02 Å². The Morgan fingerprint density at radius 3 is 2.74 bits per heavy atom. The summed E-state index contributed by atoms with van der Waals surface area (Å²) in [5.41, 5.74) is 6.90. The van der Waals surface area contributed by atoms with Gasteiger partial charge >= 0.3 is 0 Å². The quantitative estimate of drug-likeness (QED) is 0.921. The maximum atomic E-state index is 12.3. The Morgan fingerprint density at radius 2 is 2.05 bits per heavy atom. The first-order valence-electron chi connectivity index (χ1n) is 6.94. The van der Waals surface area contributed by atoms with Crippen molar-refractivity contribution in [2.45, 2.75) is 38.1 Å². The summed E-state index contributed by atoms with van der Waals surface area (Å²) in [6.45, 7) is 1.44. The van der Waals surface area contributed by atoms with Gasteiger partial charge < -0.3 is 10.6 Å². The molecule has 0 aromatic heterocycles. The van der Waals surface area contributed by atoms with E-state index >= 15 is 0 Å². The summed E-state index contributed by atoms with van der Waals surface area (Å²) in [7, 11) is 0. The largest absolute Gasteiger partial charge is 0.338 e. The molecule has 19 heavy (non-hydrogen) atoms. The average molecular weight is 281 g/mol. The fraction of sp³-hybridized carbons (Fsp3) is 0.533. The molecular formula is C15H21ClN2O. The zero-order valence-electron chi connectivity index (χ0n) is 11.1. The van der Waals surface area contributed by atoms with Gasteiger partial charge in [0.15, 0.2) is 0 Å². The van der Waals surface area contributed by atoms with Crippen LogP contribution in [0.5, 0.6) is 0 Å². The van der Waals surface area contributed by atoms with Crippen LogP contribution >= 0.6 is 11.6 Å².